The van der Waals surface area contributed by atoms with E-state index in [1.54, 1.807) is 10.4 Å². The minimum absolute atomic E-state index is 0.148. The van der Waals surface area contributed by atoms with Gasteiger partial charge >= 0.3 is 239 Å². The van der Waals surface area contributed by atoms with E-state index in [0.29, 0.717) is 16.7 Å². The molecule has 0 N–H and O–H groups in total. The van der Waals surface area contributed by atoms with E-state index in [0.717, 1.165) is 14.4 Å². The average Bonchev–Trinajstić information content (AvgIpc) is 3.70. The first-order valence-corrected chi connectivity index (χ1v) is 18.3. The normalized spacial score (nSPS) is 17.0. The summed E-state index contributed by atoms with van der Waals surface area (Å²) >= 11 is -0.803. The second-order valence-electron chi connectivity index (χ2n) is 10.8. The topological polar surface area (TPSA) is 37.4 Å². The van der Waals surface area contributed by atoms with Gasteiger partial charge in [-0.05, 0) is 0 Å². The first kappa shape index (κ1) is 23.4. The van der Waals surface area contributed by atoms with Gasteiger partial charge in [0.15, 0.2) is 0 Å². The van der Waals surface area contributed by atoms with Crippen LogP contribution >= 0.6 is 0 Å². The van der Waals surface area contributed by atoms with Crippen molar-refractivity contribution in [3.05, 3.63) is 117 Å². The summed E-state index contributed by atoms with van der Waals surface area (Å²) < 4.78 is 2.44. The van der Waals surface area contributed by atoms with Crippen molar-refractivity contribution in [3.8, 4) is 0 Å². The van der Waals surface area contributed by atoms with E-state index < -0.39 is 28.5 Å². The van der Waals surface area contributed by atoms with E-state index in [1.807, 2.05) is 42.5 Å². The predicted octanol–water partition coefficient (Wildman–Crippen LogP) is 6.50. The van der Waals surface area contributed by atoms with Crippen LogP contribution in [0.25, 0.3) is 16.8 Å². The summed E-state index contributed by atoms with van der Waals surface area (Å²) in [5.74, 6) is -0.296. The number of Topliss-reactive ketones (excluding diaryl/α,β-unsaturated/α-hetero) is 2. The van der Waals surface area contributed by atoms with Gasteiger partial charge in [0, 0.05) is 0 Å². The fourth-order valence-electron chi connectivity index (χ4n) is 7.00. The second kappa shape index (κ2) is 8.76. The summed E-state index contributed by atoms with van der Waals surface area (Å²) in [6.45, 7) is 0. The molecule has 0 radical (unpaired) electrons. The van der Waals surface area contributed by atoms with Gasteiger partial charge in [-0.25, -0.2) is 0 Å². The molecule has 1 spiro atoms. The number of anilines is 3. The summed E-state index contributed by atoms with van der Waals surface area (Å²) in [6.07, 6.45) is 4.53. The average molecular weight is 635 g/mol. The number of fused-ring (bicyclic) bond motifs is 6. The van der Waals surface area contributed by atoms with E-state index in [2.05, 4.69) is 65.6 Å². The van der Waals surface area contributed by atoms with Gasteiger partial charge in [0.05, 0.1) is 0 Å². The molecule has 3 aliphatic rings. The van der Waals surface area contributed by atoms with E-state index in [4.69, 9.17) is 0 Å². The number of ketones is 2. The molecule has 0 saturated carbocycles. The molecule has 0 atom stereocenters. The Bertz CT molecular complexity index is 1770. The summed E-state index contributed by atoms with van der Waals surface area (Å²) in [4.78, 5) is 29.2. The van der Waals surface area contributed by atoms with Crippen LogP contribution in [0.4, 0.5) is 15.1 Å². The summed E-state index contributed by atoms with van der Waals surface area (Å²) in [5.41, 5.74) is 4.06. The first-order valence-electron chi connectivity index (χ1n) is 13.6. The number of benzene rings is 4. The van der Waals surface area contributed by atoms with Crippen LogP contribution in [0.2, 0.25) is 12.1 Å². The zero-order valence-corrected chi connectivity index (χ0v) is 24.6. The Morgan fingerprint density at radius 2 is 1.21 bits per heavy atom. The summed E-state index contributed by atoms with van der Waals surface area (Å²) in [7, 11) is -1.75. The number of hydrogen-bond acceptors (Lipinski definition) is 3. The third-order valence-corrected chi connectivity index (χ3v) is 17.0. The Morgan fingerprint density at radius 1 is 0.667 bits per heavy atom. The van der Waals surface area contributed by atoms with Crippen LogP contribution in [0.5, 0.6) is 0 Å². The fourth-order valence-corrected chi connectivity index (χ4v) is 15.3. The van der Waals surface area contributed by atoms with Crippen molar-refractivity contribution in [2.45, 2.75) is 24.9 Å². The number of hydrogen-bond donors (Lipinski definition) is 0. The number of nitrogens with zero attached hydrogens (tertiary/aromatic N) is 1. The van der Waals surface area contributed by atoms with E-state index >= 15 is 0 Å². The molecule has 2 aliphatic heterocycles. The van der Waals surface area contributed by atoms with Gasteiger partial charge < -0.3 is 0 Å². The van der Waals surface area contributed by atoms with Crippen molar-refractivity contribution in [1.82, 2.24) is 0 Å². The molecular weight excluding hydrogens is 610 g/mol. The summed E-state index contributed by atoms with van der Waals surface area (Å²) in [6, 6.07) is 36.8. The predicted molar refractivity (Wildman–Crippen MR) is 163 cm³/mol. The van der Waals surface area contributed by atoms with Gasteiger partial charge in [-0.1, -0.05) is 0 Å². The Labute approximate surface area is 238 Å². The van der Waals surface area contributed by atoms with E-state index in [9.17, 15) is 9.59 Å². The zero-order valence-electron chi connectivity index (χ0n) is 21.3. The number of para-hydroxylation sites is 2. The van der Waals surface area contributed by atoms with Crippen molar-refractivity contribution < 1.29 is 9.59 Å². The van der Waals surface area contributed by atoms with Crippen LogP contribution in [-0.2, 0) is 0 Å². The Balaban J connectivity index is 1.22. The Morgan fingerprint density at radius 3 is 1.79 bits per heavy atom. The van der Waals surface area contributed by atoms with E-state index in [1.165, 1.54) is 40.0 Å². The van der Waals surface area contributed by atoms with Crippen LogP contribution in [-0.4, -0.2) is 40.1 Å². The van der Waals surface area contributed by atoms with Gasteiger partial charge in [0.2, 0.25) is 0 Å². The van der Waals surface area contributed by atoms with Crippen molar-refractivity contribution in [2.24, 2.45) is 0 Å². The minimum atomic E-state index is -1.75. The van der Waals surface area contributed by atoms with Crippen LogP contribution in [0, 0.1) is 0 Å². The van der Waals surface area contributed by atoms with Crippen molar-refractivity contribution in [3.63, 3.8) is 0 Å². The standard InChI is InChI=1S/C34H25NO2SiTe/c36-33-25-19-22-9-1-2-10-23(22)20-26(25)34(37)27(33)21-24-15-16-32(39-24)35-28-11-3-5-13-30(28)38(17-7-8-18-38)31-14-6-4-12-29(31)35/h1-6,9-16,19-21H,7-8,17-18H2. The molecule has 0 unspecified atom stereocenters. The van der Waals surface area contributed by atoms with Gasteiger partial charge in [0.25, 0.3) is 0 Å². The van der Waals surface area contributed by atoms with Crippen LogP contribution in [0.15, 0.2) is 103 Å². The second-order valence-corrected chi connectivity index (χ2v) is 18.2. The van der Waals surface area contributed by atoms with Crippen LogP contribution < -0.4 is 15.3 Å². The maximum absolute atomic E-state index is 13.4. The molecule has 4 aromatic carbocycles. The molecule has 3 nitrogen and oxygen atoms in total. The molecule has 1 saturated heterocycles. The number of carbonyl (C=O) groups is 2. The van der Waals surface area contributed by atoms with Gasteiger partial charge in [-0.3, -0.25) is 0 Å². The zero-order chi connectivity index (χ0) is 26.1. The molecule has 3 heterocycles. The Hall–Kier alpha value is -3.49. The molecule has 1 fully saturated rings. The molecule has 39 heavy (non-hydrogen) atoms. The van der Waals surface area contributed by atoms with Crippen molar-refractivity contribution in [1.29, 1.82) is 0 Å². The third kappa shape index (κ3) is 3.40. The van der Waals surface area contributed by atoms with Crippen LogP contribution in [0.1, 0.15) is 37.1 Å². The molecule has 5 heteroatoms. The van der Waals surface area contributed by atoms with Gasteiger partial charge in [-0.15, -0.1) is 0 Å². The molecular formula is C34H25NO2SiTe. The molecule has 1 aromatic heterocycles. The molecule has 0 amide bonds. The van der Waals surface area contributed by atoms with Crippen molar-refractivity contribution in [2.75, 3.05) is 4.90 Å². The fraction of sp³-hybridized carbons (Fsp3) is 0.118. The van der Waals surface area contributed by atoms with Crippen LogP contribution in [0.3, 0.4) is 0 Å². The monoisotopic (exact) mass is 637 g/mol. The summed E-state index contributed by atoms with van der Waals surface area (Å²) in [5, 5.41) is 5.13. The van der Waals surface area contributed by atoms with Crippen molar-refractivity contribution >= 4 is 82.4 Å². The van der Waals surface area contributed by atoms with Gasteiger partial charge in [0.1, 0.15) is 0 Å². The first-order chi connectivity index (χ1) is 19.1. The molecule has 5 aromatic rings. The third-order valence-electron chi connectivity index (χ3n) is 8.76. The van der Waals surface area contributed by atoms with E-state index in [-0.39, 0.29) is 11.6 Å². The molecule has 188 valence electrons. The quantitative estimate of drug-likeness (QED) is 0.126. The molecule has 1 aliphatic carbocycles. The number of carbonyl (C=O) groups excluding carboxylic acids is 2. The maximum atomic E-state index is 13.4. The molecule has 8 rings (SSSR count). The SMILES string of the molecule is O=C1C(=Cc2ccc(N3c4ccccc4[Si]4(CCCC4)c4ccccc43)[te]2)C(=O)c2cc3ccccc3cc21. The number of allylic oxidation sites excluding steroid dienone is 1. The molecule has 0 bridgehead atoms. The van der Waals surface area contributed by atoms with Gasteiger partial charge in [-0.2, -0.15) is 0 Å². The number of rotatable bonds is 2. The Kier molecular flexibility index (Phi) is 5.25.